The summed E-state index contributed by atoms with van der Waals surface area (Å²) in [5.41, 5.74) is 5.64. The minimum Gasteiger partial charge on any atom is -0.352 e. The van der Waals surface area contributed by atoms with Crippen LogP contribution in [0.4, 0.5) is 0 Å². The molecule has 3 N–H and O–H groups in total. The van der Waals surface area contributed by atoms with Crippen LogP contribution in [0.5, 0.6) is 0 Å². The van der Waals surface area contributed by atoms with Gasteiger partial charge in [0, 0.05) is 25.4 Å². The molecule has 0 bridgehead atoms. The quantitative estimate of drug-likeness (QED) is 0.761. The minimum absolute atomic E-state index is 0. The highest BCUT2D eigenvalue weighted by Crippen LogP contribution is 2.05. The zero-order valence-corrected chi connectivity index (χ0v) is 13.2. The number of aryl methyl sites for hydroxylation is 2. The van der Waals surface area contributed by atoms with E-state index in [0.29, 0.717) is 43.4 Å². The van der Waals surface area contributed by atoms with E-state index in [1.54, 1.807) is 6.92 Å². The normalized spacial score (nSPS) is 12.1. The van der Waals surface area contributed by atoms with Gasteiger partial charge in [-0.05, 0) is 25.7 Å². The third-order valence-corrected chi connectivity index (χ3v) is 2.77. The van der Waals surface area contributed by atoms with E-state index in [4.69, 9.17) is 10.3 Å². The maximum atomic E-state index is 11.8. The largest absolute Gasteiger partial charge is 0.352 e. The highest BCUT2D eigenvalue weighted by molar-refractivity contribution is 5.85. The summed E-state index contributed by atoms with van der Waals surface area (Å²) in [6.07, 6.45) is 2.69. The van der Waals surface area contributed by atoms with Crippen molar-refractivity contribution in [2.24, 2.45) is 11.7 Å². The van der Waals surface area contributed by atoms with E-state index in [9.17, 15) is 4.79 Å². The number of hydrogen-bond donors (Lipinski definition) is 2. The van der Waals surface area contributed by atoms with Gasteiger partial charge in [-0.3, -0.25) is 4.79 Å². The number of amides is 1. The topological polar surface area (TPSA) is 94.0 Å². The second kappa shape index (κ2) is 9.72. The SMILES string of the molecule is Cc1noc(CCCC(=O)NC(CN)CC(C)C)n1.Cl. The molecule has 0 aromatic carbocycles. The summed E-state index contributed by atoms with van der Waals surface area (Å²) >= 11 is 0. The zero-order valence-electron chi connectivity index (χ0n) is 12.4. The summed E-state index contributed by atoms with van der Waals surface area (Å²) in [5.74, 6) is 1.77. The van der Waals surface area contributed by atoms with Crippen molar-refractivity contribution >= 4 is 18.3 Å². The van der Waals surface area contributed by atoms with Gasteiger partial charge in [0.25, 0.3) is 0 Å². The first-order valence-electron chi connectivity index (χ1n) is 6.80. The molecule has 0 fully saturated rings. The number of carbonyl (C=O) groups excluding carboxylic acids is 1. The van der Waals surface area contributed by atoms with Crippen LogP contribution in [0.3, 0.4) is 0 Å². The Morgan fingerprint density at radius 3 is 2.65 bits per heavy atom. The number of halogens is 1. The third kappa shape index (κ3) is 7.45. The fourth-order valence-corrected chi connectivity index (χ4v) is 1.92. The van der Waals surface area contributed by atoms with E-state index in [1.165, 1.54) is 0 Å². The molecule has 6 nitrogen and oxygen atoms in total. The van der Waals surface area contributed by atoms with Crippen molar-refractivity contribution in [2.75, 3.05) is 6.54 Å². The Bertz CT molecular complexity index is 395. The molecule has 116 valence electrons. The molecule has 7 heteroatoms. The highest BCUT2D eigenvalue weighted by atomic mass is 35.5. The summed E-state index contributed by atoms with van der Waals surface area (Å²) in [5, 5.41) is 6.66. The number of carbonyl (C=O) groups is 1. The molecule has 0 radical (unpaired) electrons. The number of nitrogens with zero attached hydrogens (tertiary/aromatic N) is 2. The van der Waals surface area contributed by atoms with Crippen LogP contribution in [0.1, 0.15) is 44.8 Å². The van der Waals surface area contributed by atoms with Gasteiger partial charge in [0.2, 0.25) is 11.8 Å². The van der Waals surface area contributed by atoms with E-state index in [2.05, 4.69) is 29.3 Å². The van der Waals surface area contributed by atoms with Crippen LogP contribution in [0, 0.1) is 12.8 Å². The minimum atomic E-state index is 0. The summed E-state index contributed by atoms with van der Waals surface area (Å²) in [6, 6.07) is 0.0677. The smallest absolute Gasteiger partial charge is 0.226 e. The van der Waals surface area contributed by atoms with Gasteiger partial charge in [0.15, 0.2) is 5.82 Å². The van der Waals surface area contributed by atoms with Crippen molar-refractivity contribution in [3.63, 3.8) is 0 Å². The Balaban J connectivity index is 0.00000361. The van der Waals surface area contributed by atoms with E-state index < -0.39 is 0 Å². The van der Waals surface area contributed by atoms with Crippen molar-refractivity contribution < 1.29 is 9.32 Å². The van der Waals surface area contributed by atoms with Gasteiger partial charge < -0.3 is 15.6 Å². The van der Waals surface area contributed by atoms with Crippen molar-refractivity contribution in [1.82, 2.24) is 15.5 Å². The average molecular weight is 305 g/mol. The van der Waals surface area contributed by atoms with Gasteiger partial charge in [-0.1, -0.05) is 19.0 Å². The average Bonchev–Trinajstić information content (AvgIpc) is 2.73. The van der Waals surface area contributed by atoms with Crippen LogP contribution in [0.25, 0.3) is 0 Å². The van der Waals surface area contributed by atoms with Crippen LogP contribution in [0.15, 0.2) is 4.52 Å². The molecule has 1 unspecified atom stereocenters. The van der Waals surface area contributed by atoms with E-state index >= 15 is 0 Å². The van der Waals surface area contributed by atoms with Crippen LogP contribution >= 0.6 is 12.4 Å². The fraction of sp³-hybridized carbons (Fsp3) is 0.769. The van der Waals surface area contributed by atoms with Gasteiger partial charge >= 0.3 is 0 Å². The number of nitrogens with two attached hydrogens (primary N) is 1. The van der Waals surface area contributed by atoms with Crippen molar-refractivity contribution in [1.29, 1.82) is 0 Å². The maximum Gasteiger partial charge on any atom is 0.226 e. The molecular formula is C13H25ClN4O2. The summed E-state index contributed by atoms with van der Waals surface area (Å²) in [6.45, 7) is 6.49. The Morgan fingerprint density at radius 1 is 1.45 bits per heavy atom. The van der Waals surface area contributed by atoms with E-state index in [-0.39, 0.29) is 24.4 Å². The van der Waals surface area contributed by atoms with Gasteiger partial charge in [-0.25, -0.2) is 0 Å². The molecule has 0 aliphatic heterocycles. The zero-order chi connectivity index (χ0) is 14.3. The van der Waals surface area contributed by atoms with Crippen LogP contribution in [0.2, 0.25) is 0 Å². The first kappa shape index (κ1) is 18.9. The number of hydrogen-bond acceptors (Lipinski definition) is 5. The lowest BCUT2D eigenvalue weighted by Crippen LogP contribution is -2.40. The van der Waals surface area contributed by atoms with E-state index in [0.717, 1.165) is 6.42 Å². The second-order valence-corrected chi connectivity index (χ2v) is 5.22. The first-order chi connectivity index (χ1) is 9.01. The monoisotopic (exact) mass is 304 g/mol. The lowest BCUT2D eigenvalue weighted by molar-refractivity contribution is -0.121. The molecule has 0 saturated heterocycles. The summed E-state index contributed by atoms with van der Waals surface area (Å²) < 4.78 is 4.99. The summed E-state index contributed by atoms with van der Waals surface area (Å²) in [4.78, 5) is 15.9. The number of nitrogens with one attached hydrogen (secondary N) is 1. The second-order valence-electron chi connectivity index (χ2n) is 5.22. The molecule has 1 atom stereocenters. The Kier molecular flexibility index (Phi) is 9.16. The van der Waals surface area contributed by atoms with Crippen molar-refractivity contribution in [3.05, 3.63) is 11.7 Å². The predicted octanol–water partition coefficient (Wildman–Crippen LogP) is 1.61. The molecule has 1 aromatic rings. The van der Waals surface area contributed by atoms with Crippen molar-refractivity contribution in [3.8, 4) is 0 Å². The molecule has 0 aliphatic rings. The maximum absolute atomic E-state index is 11.8. The van der Waals surface area contributed by atoms with Gasteiger partial charge in [0.05, 0.1) is 0 Å². The Morgan fingerprint density at radius 2 is 2.15 bits per heavy atom. The van der Waals surface area contributed by atoms with E-state index in [1.807, 2.05) is 0 Å². The Labute approximate surface area is 126 Å². The lowest BCUT2D eigenvalue weighted by Gasteiger charge is -2.18. The first-order valence-corrected chi connectivity index (χ1v) is 6.80. The highest BCUT2D eigenvalue weighted by Gasteiger charge is 2.12. The number of aromatic nitrogens is 2. The molecule has 0 aliphatic carbocycles. The number of rotatable bonds is 8. The molecule has 1 heterocycles. The van der Waals surface area contributed by atoms with Gasteiger partial charge in [0.1, 0.15) is 0 Å². The molecule has 1 aromatic heterocycles. The Hall–Kier alpha value is -1.14. The van der Waals surface area contributed by atoms with Crippen molar-refractivity contribution in [2.45, 2.75) is 52.5 Å². The molecule has 0 spiro atoms. The van der Waals surface area contributed by atoms with Crippen LogP contribution in [-0.2, 0) is 11.2 Å². The van der Waals surface area contributed by atoms with Gasteiger partial charge in [-0.15, -0.1) is 12.4 Å². The van der Waals surface area contributed by atoms with Gasteiger partial charge in [-0.2, -0.15) is 4.98 Å². The summed E-state index contributed by atoms with van der Waals surface area (Å²) in [7, 11) is 0. The molecule has 1 amide bonds. The predicted molar refractivity (Wildman–Crippen MR) is 79.7 cm³/mol. The van der Waals surface area contributed by atoms with Crippen LogP contribution < -0.4 is 11.1 Å². The fourth-order valence-electron chi connectivity index (χ4n) is 1.92. The molecule has 0 saturated carbocycles. The standard InChI is InChI=1S/C13H24N4O2.ClH/c1-9(2)7-11(8-14)16-12(18)5-4-6-13-15-10(3)17-19-13;/h9,11H,4-8,14H2,1-3H3,(H,16,18);1H. The van der Waals surface area contributed by atoms with Crippen LogP contribution in [-0.4, -0.2) is 28.6 Å². The molecule has 20 heavy (non-hydrogen) atoms. The third-order valence-electron chi connectivity index (χ3n) is 2.77. The molecular weight excluding hydrogens is 280 g/mol. The molecule has 1 rings (SSSR count). The lowest BCUT2D eigenvalue weighted by atomic mass is 10.0.